The Morgan fingerprint density at radius 2 is 2.04 bits per heavy atom. The van der Waals surface area contributed by atoms with E-state index in [0.717, 1.165) is 17.9 Å². The molecule has 23 heavy (non-hydrogen) atoms. The van der Waals surface area contributed by atoms with Crippen molar-refractivity contribution in [3.8, 4) is 0 Å². The molecule has 0 spiro atoms. The highest BCUT2D eigenvalue weighted by Crippen LogP contribution is 2.40. The molecule has 6 heteroatoms. The van der Waals surface area contributed by atoms with Gasteiger partial charge >= 0.3 is 0 Å². The minimum atomic E-state index is 0.115. The number of nitrogens with one attached hydrogen (secondary N) is 1. The van der Waals surface area contributed by atoms with Crippen LogP contribution in [0.5, 0.6) is 0 Å². The predicted molar refractivity (Wildman–Crippen MR) is 110 cm³/mol. The van der Waals surface area contributed by atoms with Crippen LogP contribution in [-0.4, -0.2) is 50.3 Å². The van der Waals surface area contributed by atoms with E-state index in [2.05, 4.69) is 51.7 Å². The van der Waals surface area contributed by atoms with Gasteiger partial charge in [0, 0.05) is 28.7 Å². The molecule has 1 N–H and O–H groups in total. The summed E-state index contributed by atoms with van der Waals surface area (Å²) in [5, 5.41) is 7.04. The minimum absolute atomic E-state index is 0.115. The predicted octanol–water partition coefficient (Wildman–Crippen LogP) is 4.28. The van der Waals surface area contributed by atoms with Crippen LogP contribution in [-0.2, 0) is 0 Å². The number of hydrogen-bond donors (Lipinski definition) is 1. The molecular formula is C17H29N3S3. The molecular weight excluding hydrogens is 342 g/mol. The van der Waals surface area contributed by atoms with E-state index in [1.165, 1.54) is 22.3 Å². The average Bonchev–Trinajstić information content (AvgIpc) is 3.17. The van der Waals surface area contributed by atoms with E-state index in [4.69, 9.17) is 9.98 Å². The Morgan fingerprint density at radius 3 is 2.65 bits per heavy atom. The molecule has 0 aliphatic carbocycles. The molecule has 3 unspecified atom stereocenters. The lowest BCUT2D eigenvalue weighted by molar-refractivity contribution is 0.389. The van der Waals surface area contributed by atoms with Crippen molar-refractivity contribution in [1.29, 1.82) is 0 Å². The summed E-state index contributed by atoms with van der Waals surface area (Å²) >= 11 is 5.97. The first kappa shape index (κ1) is 18.2. The SMILES string of the molecule is CCC1=NC(C2NC(CC(C)(C)C3=NC(C)(C)CS3)CS2)CS1. The largest absolute Gasteiger partial charge is 0.300 e. The second-order valence-electron chi connectivity index (χ2n) is 7.98. The zero-order valence-corrected chi connectivity index (χ0v) is 17.3. The molecule has 0 aromatic heterocycles. The van der Waals surface area contributed by atoms with Gasteiger partial charge in [-0.2, -0.15) is 0 Å². The number of nitrogens with zero attached hydrogens (tertiary/aromatic N) is 2. The van der Waals surface area contributed by atoms with Gasteiger partial charge in [-0.25, -0.2) is 0 Å². The lowest BCUT2D eigenvalue weighted by Crippen LogP contribution is -2.40. The summed E-state index contributed by atoms with van der Waals surface area (Å²) in [5.41, 5.74) is 0.290. The van der Waals surface area contributed by atoms with E-state index >= 15 is 0 Å². The summed E-state index contributed by atoms with van der Waals surface area (Å²) in [6, 6.07) is 1.04. The molecule has 0 bridgehead atoms. The lowest BCUT2D eigenvalue weighted by atomic mass is 9.86. The van der Waals surface area contributed by atoms with E-state index in [1.54, 1.807) is 0 Å². The van der Waals surface area contributed by atoms with Gasteiger partial charge in [0.25, 0.3) is 0 Å². The van der Waals surface area contributed by atoms with Gasteiger partial charge in [-0.05, 0) is 26.7 Å². The fourth-order valence-corrected chi connectivity index (χ4v) is 7.14. The van der Waals surface area contributed by atoms with Crippen molar-refractivity contribution in [2.45, 2.75) is 70.5 Å². The van der Waals surface area contributed by atoms with Crippen LogP contribution in [0.4, 0.5) is 0 Å². The molecule has 3 rings (SSSR count). The maximum Gasteiger partial charge on any atom is 0.0849 e. The maximum absolute atomic E-state index is 4.97. The van der Waals surface area contributed by atoms with Crippen LogP contribution >= 0.6 is 35.3 Å². The molecule has 3 atom stereocenters. The van der Waals surface area contributed by atoms with Gasteiger partial charge in [0.2, 0.25) is 0 Å². The zero-order valence-electron chi connectivity index (χ0n) is 14.9. The average molecular weight is 372 g/mol. The van der Waals surface area contributed by atoms with Crippen molar-refractivity contribution in [3.05, 3.63) is 0 Å². The first-order chi connectivity index (χ1) is 10.8. The molecule has 3 nitrogen and oxygen atoms in total. The third kappa shape index (κ3) is 4.31. The number of rotatable bonds is 5. The van der Waals surface area contributed by atoms with Crippen LogP contribution < -0.4 is 5.32 Å². The van der Waals surface area contributed by atoms with Crippen molar-refractivity contribution in [2.75, 3.05) is 17.3 Å². The molecule has 0 saturated carbocycles. The molecule has 1 saturated heterocycles. The number of thioether (sulfide) groups is 3. The third-order valence-electron chi connectivity index (χ3n) is 4.56. The van der Waals surface area contributed by atoms with Crippen molar-refractivity contribution < 1.29 is 0 Å². The topological polar surface area (TPSA) is 36.8 Å². The van der Waals surface area contributed by atoms with Crippen molar-refractivity contribution in [2.24, 2.45) is 15.4 Å². The summed E-state index contributed by atoms with van der Waals surface area (Å²) in [4.78, 5) is 9.86. The molecule has 0 radical (unpaired) electrons. The van der Waals surface area contributed by atoms with Gasteiger partial charge in [0.1, 0.15) is 0 Å². The Labute approximate surface area is 153 Å². The molecule has 3 aliphatic heterocycles. The Kier molecular flexibility index (Phi) is 5.47. The smallest absolute Gasteiger partial charge is 0.0849 e. The number of hydrogen-bond acceptors (Lipinski definition) is 6. The molecule has 3 aliphatic rings. The van der Waals surface area contributed by atoms with E-state index in [-0.39, 0.29) is 11.0 Å². The Bertz CT molecular complexity index is 513. The van der Waals surface area contributed by atoms with Crippen LogP contribution in [0, 0.1) is 5.41 Å². The fourth-order valence-electron chi connectivity index (χ4n) is 3.31. The van der Waals surface area contributed by atoms with Crippen LogP contribution in [0.3, 0.4) is 0 Å². The van der Waals surface area contributed by atoms with Crippen molar-refractivity contribution in [1.82, 2.24) is 5.32 Å². The summed E-state index contributed by atoms with van der Waals surface area (Å²) in [6.07, 6.45) is 2.25. The van der Waals surface area contributed by atoms with Gasteiger partial charge < -0.3 is 0 Å². The van der Waals surface area contributed by atoms with E-state index in [9.17, 15) is 0 Å². The van der Waals surface area contributed by atoms with Crippen LogP contribution in [0.25, 0.3) is 0 Å². The van der Waals surface area contributed by atoms with Crippen LogP contribution in [0.15, 0.2) is 9.98 Å². The Morgan fingerprint density at radius 1 is 1.26 bits per heavy atom. The molecule has 0 aromatic carbocycles. The van der Waals surface area contributed by atoms with Crippen molar-refractivity contribution in [3.63, 3.8) is 0 Å². The quantitative estimate of drug-likeness (QED) is 0.782. The van der Waals surface area contributed by atoms with E-state index < -0.39 is 0 Å². The molecule has 0 aromatic rings. The second kappa shape index (κ2) is 6.93. The minimum Gasteiger partial charge on any atom is -0.300 e. The molecule has 130 valence electrons. The van der Waals surface area contributed by atoms with Crippen LogP contribution in [0.2, 0.25) is 0 Å². The summed E-state index contributed by atoms with van der Waals surface area (Å²) < 4.78 is 0. The maximum atomic E-state index is 4.97. The van der Waals surface area contributed by atoms with Gasteiger partial charge in [-0.3, -0.25) is 15.3 Å². The Hall–Kier alpha value is 0.350. The number of aliphatic imine (C=N–C) groups is 2. The fraction of sp³-hybridized carbons (Fsp3) is 0.882. The highest BCUT2D eigenvalue weighted by Gasteiger charge is 2.39. The highest BCUT2D eigenvalue weighted by molar-refractivity contribution is 8.14. The first-order valence-corrected chi connectivity index (χ1v) is 11.6. The van der Waals surface area contributed by atoms with Gasteiger partial charge in [-0.1, -0.05) is 20.8 Å². The molecule has 0 amide bonds. The first-order valence-electron chi connectivity index (χ1n) is 8.59. The van der Waals surface area contributed by atoms with E-state index in [1.807, 2.05) is 23.5 Å². The molecule has 3 heterocycles. The summed E-state index contributed by atoms with van der Waals surface area (Å²) in [6.45, 7) is 11.4. The lowest BCUT2D eigenvalue weighted by Gasteiger charge is -2.28. The summed E-state index contributed by atoms with van der Waals surface area (Å²) in [7, 11) is 0. The van der Waals surface area contributed by atoms with Gasteiger partial charge in [0.15, 0.2) is 0 Å². The van der Waals surface area contributed by atoms with Gasteiger partial charge in [0.05, 0.1) is 27.0 Å². The normalized spacial score (nSPS) is 33.9. The third-order valence-corrected chi connectivity index (χ3v) is 8.97. The summed E-state index contributed by atoms with van der Waals surface area (Å²) in [5.74, 6) is 3.48. The second-order valence-corrected chi connectivity index (χ2v) is 11.2. The molecule has 1 fully saturated rings. The highest BCUT2D eigenvalue weighted by atomic mass is 32.2. The van der Waals surface area contributed by atoms with E-state index in [0.29, 0.717) is 17.5 Å². The zero-order chi connectivity index (χ0) is 16.7. The van der Waals surface area contributed by atoms with Crippen molar-refractivity contribution >= 4 is 45.4 Å². The monoisotopic (exact) mass is 371 g/mol. The van der Waals surface area contributed by atoms with Gasteiger partial charge in [-0.15, -0.1) is 35.3 Å². The van der Waals surface area contributed by atoms with Crippen LogP contribution in [0.1, 0.15) is 47.5 Å². The Balaban J connectivity index is 1.57. The standard InChI is InChI=1S/C17H29N3S3/c1-6-13-19-12(9-21-13)14-18-11(8-22-14)7-16(2,3)15-20-17(4,5)10-23-15/h11-12,14,18H,6-10H2,1-5H3.